The van der Waals surface area contributed by atoms with Gasteiger partial charge in [0.05, 0.1) is 6.10 Å². The van der Waals surface area contributed by atoms with Gasteiger partial charge in [-0.05, 0) is 99.7 Å². The van der Waals surface area contributed by atoms with E-state index < -0.39 is 0 Å². The summed E-state index contributed by atoms with van der Waals surface area (Å²) in [6.45, 7) is 4.26. The van der Waals surface area contributed by atoms with E-state index in [2.05, 4.69) is 6.92 Å². The Morgan fingerprint density at radius 2 is 1.73 bits per heavy atom. The highest BCUT2D eigenvalue weighted by Gasteiger charge is 2.57. The van der Waals surface area contributed by atoms with Crippen LogP contribution in [-0.2, 0) is 4.79 Å². The van der Waals surface area contributed by atoms with Crippen LogP contribution in [0.4, 0.5) is 0 Å². The Morgan fingerprint density at radius 3 is 2.50 bits per heavy atom. The molecule has 0 aliphatic heterocycles. The lowest BCUT2D eigenvalue weighted by atomic mass is 9.49. The van der Waals surface area contributed by atoms with Gasteiger partial charge in [-0.25, -0.2) is 0 Å². The third kappa shape index (κ3) is 2.12. The molecule has 4 aliphatic carbocycles. The molecule has 8 atom stereocenters. The SMILES string of the molecule is CC(=O)[C@H]1CC[C@H]2[C@@H]3CC[C@H]4C[C@H](O)CC[C@@H]4[C@H]3CC[C@]12C. The van der Waals surface area contributed by atoms with Gasteiger partial charge < -0.3 is 5.11 Å². The van der Waals surface area contributed by atoms with Crippen molar-refractivity contribution in [3.63, 3.8) is 0 Å². The Bertz CT molecular complexity index is 459. The third-order valence-electron chi connectivity index (χ3n) is 8.42. The highest BCUT2D eigenvalue weighted by molar-refractivity contribution is 5.79. The van der Waals surface area contributed by atoms with E-state index in [9.17, 15) is 9.90 Å². The zero-order chi connectivity index (χ0) is 15.5. The van der Waals surface area contributed by atoms with Crippen LogP contribution in [0.5, 0.6) is 0 Å². The minimum Gasteiger partial charge on any atom is -0.393 e. The zero-order valence-corrected chi connectivity index (χ0v) is 14.3. The van der Waals surface area contributed by atoms with Crippen LogP contribution in [0.3, 0.4) is 0 Å². The van der Waals surface area contributed by atoms with Crippen molar-refractivity contribution in [1.82, 2.24) is 0 Å². The maximum atomic E-state index is 12.1. The number of carbonyl (C=O) groups is 1. The lowest BCUT2D eigenvalue weighted by Gasteiger charge is -2.56. The number of aliphatic hydroxyl groups is 1. The van der Waals surface area contributed by atoms with E-state index in [1.807, 2.05) is 6.92 Å². The molecule has 0 unspecified atom stereocenters. The van der Waals surface area contributed by atoms with Crippen molar-refractivity contribution in [3.8, 4) is 0 Å². The summed E-state index contributed by atoms with van der Waals surface area (Å²) in [4.78, 5) is 12.1. The van der Waals surface area contributed by atoms with Gasteiger partial charge in [0, 0.05) is 5.92 Å². The van der Waals surface area contributed by atoms with Crippen LogP contribution in [0.1, 0.15) is 71.6 Å². The predicted molar refractivity (Wildman–Crippen MR) is 87.3 cm³/mol. The smallest absolute Gasteiger partial charge is 0.133 e. The van der Waals surface area contributed by atoms with E-state index in [0.717, 1.165) is 48.9 Å². The van der Waals surface area contributed by atoms with Gasteiger partial charge in [0.2, 0.25) is 0 Å². The van der Waals surface area contributed by atoms with Gasteiger partial charge in [0.15, 0.2) is 0 Å². The van der Waals surface area contributed by atoms with Crippen LogP contribution < -0.4 is 0 Å². The molecule has 2 heteroatoms. The first-order valence-electron chi connectivity index (χ1n) is 9.69. The standard InChI is InChI=1S/C20H32O2/c1-12(21)18-7-8-19-17-5-3-13-11-14(22)4-6-15(13)16(17)9-10-20(18,19)2/h13-19,22H,3-11H2,1-2H3/t13-,14+,15-,16+,17+,18+,19-,20+/m0/s1. The molecule has 22 heavy (non-hydrogen) atoms. The van der Waals surface area contributed by atoms with Gasteiger partial charge in [-0.3, -0.25) is 4.79 Å². The van der Waals surface area contributed by atoms with Gasteiger partial charge in [-0.1, -0.05) is 6.92 Å². The average molecular weight is 304 g/mol. The first kappa shape index (κ1) is 15.2. The largest absolute Gasteiger partial charge is 0.393 e. The summed E-state index contributed by atoms with van der Waals surface area (Å²) >= 11 is 0. The van der Waals surface area contributed by atoms with E-state index in [1.165, 1.54) is 38.5 Å². The van der Waals surface area contributed by atoms with Crippen molar-refractivity contribution >= 4 is 5.78 Å². The van der Waals surface area contributed by atoms with Crippen molar-refractivity contribution in [2.75, 3.05) is 0 Å². The molecule has 0 bridgehead atoms. The van der Waals surface area contributed by atoms with E-state index >= 15 is 0 Å². The minimum absolute atomic E-state index is 0.0276. The molecule has 0 aromatic heterocycles. The number of hydrogen-bond donors (Lipinski definition) is 1. The summed E-state index contributed by atoms with van der Waals surface area (Å²) < 4.78 is 0. The molecule has 0 heterocycles. The van der Waals surface area contributed by atoms with Crippen molar-refractivity contribution in [2.24, 2.45) is 40.9 Å². The summed E-state index contributed by atoms with van der Waals surface area (Å²) in [5.41, 5.74) is 0.300. The molecular formula is C20H32O2. The molecule has 4 aliphatic rings. The summed E-state index contributed by atoms with van der Waals surface area (Å²) in [6, 6.07) is 0. The van der Waals surface area contributed by atoms with E-state index in [4.69, 9.17) is 0 Å². The van der Waals surface area contributed by atoms with Crippen LogP contribution in [0.25, 0.3) is 0 Å². The molecule has 4 rings (SSSR count). The lowest BCUT2D eigenvalue weighted by Crippen LogP contribution is -2.49. The van der Waals surface area contributed by atoms with Crippen LogP contribution in [0, 0.1) is 40.9 Å². The first-order chi connectivity index (χ1) is 10.5. The highest BCUT2D eigenvalue weighted by Crippen LogP contribution is 2.64. The van der Waals surface area contributed by atoms with Gasteiger partial charge in [0.25, 0.3) is 0 Å². The molecule has 0 amide bonds. The Balaban J connectivity index is 1.56. The summed E-state index contributed by atoms with van der Waals surface area (Å²) in [6.07, 6.45) is 11.1. The molecule has 0 spiro atoms. The molecule has 0 saturated heterocycles. The summed E-state index contributed by atoms with van der Waals surface area (Å²) in [5.74, 6) is 5.02. The van der Waals surface area contributed by atoms with Crippen LogP contribution in [0.15, 0.2) is 0 Å². The number of hydrogen-bond acceptors (Lipinski definition) is 2. The van der Waals surface area contributed by atoms with Gasteiger partial charge in [-0.15, -0.1) is 0 Å². The maximum absolute atomic E-state index is 12.1. The Morgan fingerprint density at radius 1 is 0.955 bits per heavy atom. The fraction of sp³-hybridized carbons (Fsp3) is 0.950. The van der Waals surface area contributed by atoms with E-state index in [1.54, 1.807) is 0 Å². The van der Waals surface area contributed by atoms with Gasteiger partial charge >= 0.3 is 0 Å². The maximum Gasteiger partial charge on any atom is 0.133 e. The molecular weight excluding hydrogens is 272 g/mol. The van der Waals surface area contributed by atoms with Gasteiger partial charge in [-0.2, -0.15) is 0 Å². The van der Waals surface area contributed by atoms with Crippen molar-refractivity contribution < 1.29 is 9.90 Å². The molecule has 0 aromatic carbocycles. The molecule has 4 saturated carbocycles. The van der Waals surface area contributed by atoms with Crippen molar-refractivity contribution in [2.45, 2.75) is 77.7 Å². The third-order valence-corrected chi connectivity index (χ3v) is 8.42. The zero-order valence-electron chi connectivity index (χ0n) is 14.3. The van der Waals surface area contributed by atoms with Crippen LogP contribution in [0.2, 0.25) is 0 Å². The van der Waals surface area contributed by atoms with E-state index in [-0.39, 0.29) is 6.10 Å². The normalized spacial score (nSPS) is 54.2. The Kier molecular flexibility index (Phi) is 3.67. The monoisotopic (exact) mass is 304 g/mol. The number of Topliss-reactive ketones (excluding diaryl/α,β-unsaturated/α-hetero) is 1. The number of aliphatic hydroxyl groups excluding tert-OH is 1. The molecule has 2 nitrogen and oxygen atoms in total. The topological polar surface area (TPSA) is 37.3 Å². The minimum atomic E-state index is -0.0276. The molecule has 0 aromatic rings. The van der Waals surface area contributed by atoms with E-state index in [0.29, 0.717) is 17.1 Å². The predicted octanol–water partition coefficient (Wildman–Crippen LogP) is 4.21. The fourth-order valence-corrected chi connectivity index (χ4v) is 7.50. The number of fused-ring (bicyclic) bond motifs is 5. The van der Waals surface area contributed by atoms with Gasteiger partial charge in [0.1, 0.15) is 5.78 Å². The first-order valence-corrected chi connectivity index (χ1v) is 9.69. The fourth-order valence-electron chi connectivity index (χ4n) is 7.50. The molecule has 124 valence electrons. The Hall–Kier alpha value is -0.370. The lowest BCUT2D eigenvalue weighted by molar-refractivity contribution is -0.128. The van der Waals surface area contributed by atoms with Crippen LogP contribution >= 0.6 is 0 Å². The molecule has 4 fully saturated rings. The second kappa shape index (κ2) is 5.33. The van der Waals surface area contributed by atoms with Crippen molar-refractivity contribution in [3.05, 3.63) is 0 Å². The Labute approximate surface area is 135 Å². The molecule has 0 radical (unpaired) electrons. The molecule has 1 N–H and O–H groups in total. The van der Waals surface area contributed by atoms with Crippen molar-refractivity contribution in [1.29, 1.82) is 0 Å². The summed E-state index contributed by atoms with van der Waals surface area (Å²) in [7, 11) is 0. The summed E-state index contributed by atoms with van der Waals surface area (Å²) in [5, 5.41) is 9.99. The average Bonchev–Trinajstić information content (AvgIpc) is 2.84. The number of carbonyl (C=O) groups excluding carboxylic acids is 1. The second-order valence-electron chi connectivity index (χ2n) is 9.19. The number of rotatable bonds is 1. The van der Waals surface area contributed by atoms with Crippen LogP contribution in [-0.4, -0.2) is 17.0 Å². The number of ketones is 1. The quantitative estimate of drug-likeness (QED) is 0.788. The highest BCUT2D eigenvalue weighted by atomic mass is 16.3. The second-order valence-corrected chi connectivity index (χ2v) is 9.19.